The number of carbonyl (C=O) groups is 2. The molecular weight excluding hydrogens is 534 g/mol. The Morgan fingerprint density at radius 1 is 1.08 bits per heavy atom. The van der Waals surface area contributed by atoms with E-state index in [2.05, 4.69) is 61.2 Å². The van der Waals surface area contributed by atoms with E-state index >= 15 is 0 Å². The average Bonchev–Trinajstić information content (AvgIpc) is 3.26. The monoisotopic (exact) mass is 569 g/mol. The zero-order valence-corrected chi connectivity index (χ0v) is 23.9. The lowest BCUT2D eigenvalue weighted by molar-refractivity contribution is -0.116. The number of rotatable bonds is 9. The van der Waals surface area contributed by atoms with E-state index in [1.54, 1.807) is 11.8 Å². The van der Waals surface area contributed by atoms with Crippen LogP contribution in [0.4, 0.5) is 16.3 Å². The molecule has 9 heteroatoms. The van der Waals surface area contributed by atoms with Crippen molar-refractivity contribution >= 4 is 39.4 Å². The number of ether oxygens (including phenoxy) is 1. The lowest BCUT2D eigenvalue weighted by atomic mass is 9.92. The predicted molar refractivity (Wildman–Crippen MR) is 152 cm³/mol. The van der Waals surface area contributed by atoms with Crippen LogP contribution in [0.1, 0.15) is 46.7 Å². The highest BCUT2D eigenvalue weighted by Gasteiger charge is 2.23. The standard InChI is InChI=1S/C28H36BrN5O3/c1-19(2)14-15-33(27(36)30-21-9-7-8-20(29)16-21)18-26(35)31-25-17-24(28(3,4)5)32-34(25)22-10-12-23(37-6)13-11-22/h7-13,16-17,19H,14-15,18H2,1-6H3,(H,30,36)(H,31,35). The SMILES string of the molecule is COc1ccc(-n2nc(C(C)(C)C)cc2NC(=O)CN(CCC(C)C)C(=O)Nc2cccc(Br)c2)cc1. The first-order valence-corrected chi connectivity index (χ1v) is 13.1. The van der Waals surface area contributed by atoms with Crippen molar-refractivity contribution in [2.24, 2.45) is 5.92 Å². The Hall–Kier alpha value is -3.33. The van der Waals surface area contributed by atoms with Gasteiger partial charge < -0.3 is 20.3 Å². The van der Waals surface area contributed by atoms with Crippen molar-refractivity contribution in [2.75, 3.05) is 30.8 Å². The molecular formula is C28H36BrN5O3. The lowest BCUT2D eigenvalue weighted by Crippen LogP contribution is -2.41. The Balaban J connectivity index is 1.82. The van der Waals surface area contributed by atoms with Gasteiger partial charge in [0.15, 0.2) is 0 Å². The lowest BCUT2D eigenvalue weighted by Gasteiger charge is -2.23. The van der Waals surface area contributed by atoms with Crippen molar-refractivity contribution in [3.8, 4) is 11.4 Å². The summed E-state index contributed by atoms with van der Waals surface area (Å²) in [5, 5.41) is 10.6. The Bertz CT molecular complexity index is 1220. The van der Waals surface area contributed by atoms with Crippen LogP contribution in [0.25, 0.3) is 5.69 Å². The molecule has 1 aromatic heterocycles. The van der Waals surface area contributed by atoms with Gasteiger partial charge in [-0.1, -0.05) is 56.6 Å². The first kappa shape index (κ1) is 28.2. The minimum absolute atomic E-state index is 0.0921. The second-order valence-corrected chi connectivity index (χ2v) is 11.3. The largest absolute Gasteiger partial charge is 0.497 e. The van der Waals surface area contributed by atoms with Crippen LogP contribution in [-0.2, 0) is 10.2 Å². The molecule has 1 heterocycles. The van der Waals surface area contributed by atoms with Crippen molar-refractivity contribution in [1.29, 1.82) is 0 Å². The van der Waals surface area contributed by atoms with E-state index in [9.17, 15) is 9.59 Å². The summed E-state index contributed by atoms with van der Waals surface area (Å²) in [6.45, 7) is 10.7. The van der Waals surface area contributed by atoms with Crippen LogP contribution in [0.5, 0.6) is 5.75 Å². The van der Waals surface area contributed by atoms with Crippen LogP contribution in [0, 0.1) is 5.92 Å². The van der Waals surface area contributed by atoms with E-state index in [0.717, 1.165) is 28.0 Å². The number of urea groups is 1. The van der Waals surface area contributed by atoms with Gasteiger partial charge >= 0.3 is 6.03 Å². The number of hydrogen-bond donors (Lipinski definition) is 2. The molecule has 0 spiro atoms. The van der Waals surface area contributed by atoms with Crippen LogP contribution in [0.2, 0.25) is 0 Å². The molecule has 0 radical (unpaired) electrons. The first-order chi connectivity index (χ1) is 17.5. The molecule has 0 fully saturated rings. The second kappa shape index (κ2) is 12.3. The number of nitrogens with zero attached hydrogens (tertiary/aromatic N) is 3. The third kappa shape index (κ3) is 8.08. The maximum atomic E-state index is 13.2. The zero-order chi connectivity index (χ0) is 27.2. The van der Waals surface area contributed by atoms with Crippen LogP contribution >= 0.6 is 15.9 Å². The van der Waals surface area contributed by atoms with Crippen LogP contribution in [0.3, 0.4) is 0 Å². The molecule has 0 saturated heterocycles. The number of nitrogens with one attached hydrogen (secondary N) is 2. The molecule has 198 valence electrons. The third-order valence-electron chi connectivity index (χ3n) is 5.74. The van der Waals surface area contributed by atoms with Gasteiger partial charge in [-0.25, -0.2) is 9.48 Å². The molecule has 0 bridgehead atoms. The Kier molecular flexibility index (Phi) is 9.37. The topological polar surface area (TPSA) is 88.5 Å². The summed E-state index contributed by atoms with van der Waals surface area (Å²) in [5.74, 6) is 1.35. The third-order valence-corrected chi connectivity index (χ3v) is 6.23. The minimum Gasteiger partial charge on any atom is -0.497 e. The van der Waals surface area contributed by atoms with Gasteiger partial charge in [0, 0.05) is 28.2 Å². The Morgan fingerprint density at radius 2 is 1.78 bits per heavy atom. The molecule has 0 atom stereocenters. The first-order valence-electron chi connectivity index (χ1n) is 12.3. The maximum absolute atomic E-state index is 13.2. The number of hydrogen-bond acceptors (Lipinski definition) is 4. The predicted octanol–water partition coefficient (Wildman–Crippen LogP) is 6.46. The molecule has 0 aliphatic heterocycles. The number of anilines is 2. The molecule has 2 N–H and O–H groups in total. The fourth-order valence-electron chi connectivity index (χ4n) is 3.55. The maximum Gasteiger partial charge on any atom is 0.322 e. The second-order valence-electron chi connectivity index (χ2n) is 10.4. The zero-order valence-electron chi connectivity index (χ0n) is 22.3. The molecule has 2 aromatic carbocycles. The van der Waals surface area contributed by atoms with Crippen molar-refractivity contribution in [3.05, 3.63) is 64.8 Å². The van der Waals surface area contributed by atoms with Gasteiger partial charge in [-0.15, -0.1) is 0 Å². The summed E-state index contributed by atoms with van der Waals surface area (Å²) in [6.07, 6.45) is 0.775. The number of aromatic nitrogens is 2. The van der Waals surface area contributed by atoms with Gasteiger partial charge in [-0.05, 0) is 54.8 Å². The molecule has 0 saturated carbocycles. The molecule has 0 aliphatic rings. The summed E-state index contributed by atoms with van der Waals surface area (Å²) >= 11 is 3.42. The van der Waals surface area contributed by atoms with E-state index in [1.807, 2.05) is 54.6 Å². The van der Waals surface area contributed by atoms with E-state index in [0.29, 0.717) is 24.0 Å². The van der Waals surface area contributed by atoms with Crippen LogP contribution in [-0.4, -0.2) is 46.8 Å². The van der Waals surface area contributed by atoms with E-state index in [4.69, 9.17) is 9.84 Å². The van der Waals surface area contributed by atoms with Gasteiger partial charge in [-0.3, -0.25) is 4.79 Å². The van der Waals surface area contributed by atoms with Gasteiger partial charge in [-0.2, -0.15) is 5.10 Å². The number of benzene rings is 2. The summed E-state index contributed by atoms with van der Waals surface area (Å²) < 4.78 is 7.83. The number of methoxy groups -OCH3 is 1. The molecule has 8 nitrogen and oxygen atoms in total. The highest BCUT2D eigenvalue weighted by molar-refractivity contribution is 9.10. The van der Waals surface area contributed by atoms with Crippen LogP contribution < -0.4 is 15.4 Å². The molecule has 0 unspecified atom stereocenters. The Labute approximate surface area is 227 Å². The number of amides is 3. The molecule has 3 rings (SSSR count). The number of halogens is 1. The highest BCUT2D eigenvalue weighted by Crippen LogP contribution is 2.27. The van der Waals surface area contributed by atoms with E-state index < -0.39 is 0 Å². The van der Waals surface area contributed by atoms with E-state index in [1.165, 1.54) is 4.90 Å². The van der Waals surface area contributed by atoms with Crippen molar-refractivity contribution < 1.29 is 14.3 Å². The summed E-state index contributed by atoms with van der Waals surface area (Å²) in [6, 6.07) is 16.4. The summed E-state index contributed by atoms with van der Waals surface area (Å²) in [7, 11) is 1.62. The van der Waals surface area contributed by atoms with Gasteiger partial charge in [0.2, 0.25) is 5.91 Å². The number of carbonyl (C=O) groups excluding carboxylic acids is 2. The van der Waals surface area contributed by atoms with Gasteiger partial charge in [0.05, 0.1) is 18.5 Å². The fraction of sp³-hybridized carbons (Fsp3) is 0.393. The summed E-state index contributed by atoms with van der Waals surface area (Å²) in [4.78, 5) is 27.9. The molecule has 37 heavy (non-hydrogen) atoms. The molecule has 3 amide bonds. The van der Waals surface area contributed by atoms with Gasteiger partial charge in [0.1, 0.15) is 18.1 Å². The molecule has 3 aromatic rings. The normalized spacial score (nSPS) is 11.4. The highest BCUT2D eigenvalue weighted by atomic mass is 79.9. The Morgan fingerprint density at radius 3 is 2.38 bits per heavy atom. The minimum atomic E-state index is -0.326. The average molecular weight is 571 g/mol. The van der Waals surface area contributed by atoms with Crippen LogP contribution in [0.15, 0.2) is 59.1 Å². The van der Waals surface area contributed by atoms with Crippen molar-refractivity contribution in [1.82, 2.24) is 14.7 Å². The quantitative estimate of drug-likeness (QED) is 0.309. The molecule has 0 aliphatic carbocycles. The van der Waals surface area contributed by atoms with Gasteiger partial charge in [0.25, 0.3) is 0 Å². The fourth-order valence-corrected chi connectivity index (χ4v) is 3.95. The van der Waals surface area contributed by atoms with Crippen molar-refractivity contribution in [3.63, 3.8) is 0 Å². The summed E-state index contributed by atoms with van der Waals surface area (Å²) in [5.41, 5.74) is 2.06. The van der Waals surface area contributed by atoms with E-state index in [-0.39, 0.29) is 23.9 Å². The van der Waals surface area contributed by atoms with Crippen molar-refractivity contribution in [2.45, 2.75) is 46.5 Å². The smallest absolute Gasteiger partial charge is 0.322 e.